The zero-order chi connectivity index (χ0) is 62.1. The van der Waals surface area contributed by atoms with E-state index in [0.29, 0.717) is 11.0 Å². The van der Waals surface area contributed by atoms with Crippen molar-refractivity contribution in [2.24, 2.45) is 5.73 Å². The molecule has 39 heteroatoms. The van der Waals surface area contributed by atoms with Gasteiger partial charge in [-0.25, -0.2) is 13.9 Å². The van der Waals surface area contributed by atoms with Gasteiger partial charge in [-0.3, -0.25) is 66.5 Å². The van der Waals surface area contributed by atoms with Gasteiger partial charge in [-0.05, 0) is 66.8 Å². The van der Waals surface area contributed by atoms with E-state index in [1.165, 1.54) is 13.8 Å². The Hall–Kier alpha value is -6.15. The van der Waals surface area contributed by atoms with Crippen molar-refractivity contribution in [2.75, 3.05) is 19.8 Å². The lowest BCUT2D eigenvalue weighted by atomic mass is 9.96. The number of carboxylic acids is 2. The fourth-order valence-electron chi connectivity index (χ4n) is 7.63. The van der Waals surface area contributed by atoms with Crippen LogP contribution >= 0.6 is 15.6 Å². The van der Waals surface area contributed by atoms with Gasteiger partial charge >= 0.3 is 33.3 Å². The van der Waals surface area contributed by atoms with E-state index < -0.39 is 204 Å². The van der Waals surface area contributed by atoms with Crippen LogP contribution in [-0.4, -0.2) is 214 Å². The van der Waals surface area contributed by atoms with Crippen LogP contribution in [0.1, 0.15) is 79.9 Å². The molecule has 2 fully saturated rings. The van der Waals surface area contributed by atoms with Gasteiger partial charge < -0.3 is 97.6 Å². The van der Waals surface area contributed by atoms with Crippen molar-refractivity contribution in [3.8, 4) is 0 Å². The topological polar surface area (TPSA) is 570 Å². The molecule has 37 nitrogen and oxygen atoms in total. The Morgan fingerprint density at radius 3 is 1.84 bits per heavy atom. The molecule has 0 bridgehead atoms. The maximum atomic E-state index is 13.9. The highest BCUT2D eigenvalue weighted by Gasteiger charge is 2.52. The predicted octanol–water partition coefficient (Wildman–Crippen LogP) is -7.17. The molecule has 18 unspecified atom stereocenters. The molecule has 7 amide bonds. The number of aliphatic hydroxyl groups excluding tert-OH is 4. The van der Waals surface area contributed by atoms with E-state index >= 15 is 0 Å². The lowest BCUT2D eigenvalue weighted by Crippen LogP contribution is -2.66. The minimum atomic E-state index is -5.98. The van der Waals surface area contributed by atoms with Gasteiger partial charge in [-0.2, -0.15) is 4.31 Å². The monoisotopic (exact) mass is 1220 g/mol. The summed E-state index contributed by atoms with van der Waals surface area (Å²) in [5.74, 6) is -9.86. The number of H-pyrrole nitrogens is 1. The normalized spacial score (nSPS) is 25.6. The molecule has 0 radical (unpaired) electrons. The van der Waals surface area contributed by atoms with E-state index in [4.69, 9.17) is 29.6 Å². The summed E-state index contributed by atoms with van der Waals surface area (Å²) in [6, 6.07) is -9.91. The fraction of sp³-hybridized carbons (Fsp3) is 0.698. The average Bonchev–Trinajstić information content (AvgIpc) is 3.88. The largest absolute Gasteiger partial charge is 0.483 e. The number of aliphatic carboxylic acids is 2. The molecule has 1 aromatic heterocycles. The second-order valence-corrected chi connectivity index (χ2v) is 21.8. The number of carbonyl (C=O) groups excluding carboxylic acids is 7. The summed E-state index contributed by atoms with van der Waals surface area (Å²) >= 11 is 0. The highest BCUT2D eigenvalue weighted by Crippen LogP contribution is 2.61. The number of ether oxygens (including phenoxy) is 3. The van der Waals surface area contributed by atoms with Crippen molar-refractivity contribution >= 4 is 68.9 Å². The summed E-state index contributed by atoms with van der Waals surface area (Å²) in [7, 11) is -11.8. The number of nitrogens with one attached hydrogen (secondary N) is 8. The number of hydrogen-bond donors (Lipinski definition) is 17. The Kier molecular flexibility index (Phi) is 26.9. The quantitative estimate of drug-likeness (QED) is 0.0235. The summed E-state index contributed by atoms with van der Waals surface area (Å²) in [5, 5.41) is 76.5. The summed E-state index contributed by atoms with van der Waals surface area (Å²) < 4.78 is 57.4. The van der Waals surface area contributed by atoms with Crippen LogP contribution < -0.4 is 54.2 Å². The number of hydrogen-bond acceptors (Lipinski definition) is 24. The van der Waals surface area contributed by atoms with Gasteiger partial charge in [0.15, 0.2) is 12.5 Å². The number of amides is 7. The van der Waals surface area contributed by atoms with Gasteiger partial charge in [-0.15, -0.1) is 0 Å². The van der Waals surface area contributed by atoms with Gasteiger partial charge in [0.25, 0.3) is 5.56 Å². The zero-order valence-electron chi connectivity index (χ0n) is 44.8. The maximum absolute atomic E-state index is 13.9. The third-order valence-electron chi connectivity index (χ3n) is 12.1. The van der Waals surface area contributed by atoms with Gasteiger partial charge in [0.2, 0.25) is 41.4 Å². The molecule has 0 aliphatic carbocycles. The third-order valence-corrected chi connectivity index (χ3v) is 14.7. The number of phosphoric acid groups is 2. The standard InChI is InChI=1S/C43H70N10O27P2/c1-17(34(61)48-20(4)41(68)69)47-37(64)23(9-7-8-13-44)51-38(65)24(10-11-27(56)45-19(3)40(66)67)50-35(62)18(2)46-36(63)21(5)76-33-29(49-22(6)55)42(78-25(15-54)31(33)59)79-82(73,74)80-81(71,72)75-16-26-30(58)32(60)39(77-26)53-14-12-28(57)52-43(53)70/h12,14,17-21,23-26,29-33,39,42,54,58-60H,7-11,13,15-16,44H2,1-6H3,(H,45,56)(H,46,63)(H,47,64)(H,48,61)(H,49,55)(H,50,62)(H,51,65)(H,66,67)(H,68,69)(H,71,72)(H,73,74)(H,52,57,70). The summed E-state index contributed by atoms with van der Waals surface area (Å²) in [6.07, 6.45) is -17.0. The molecule has 464 valence electrons. The Bertz CT molecular complexity index is 2660. The third kappa shape index (κ3) is 21.2. The second kappa shape index (κ2) is 31.5. The number of aromatic amines is 1. The first kappa shape index (κ1) is 70.1. The molecule has 0 saturated carbocycles. The molecule has 2 aliphatic rings. The maximum Gasteiger partial charge on any atom is 0.483 e. The molecule has 3 heterocycles. The molecule has 3 rings (SSSR count). The number of aliphatic hydroxyl groups is 4. The van der Waals surface area contributed by atoms with E-state index in [1.54, 1.807) is 0 Å². The first-order chi connectivity index (χ1) is 38.1. The Morgan fingerprint density at radius 2 is 1.27 bits per heavy atom. The van der Waals surface area contributed by atoms with E-state index in [2.05, 4.69) is 46.1 Å². The van der Waals surface area contributed by atoms with Crippen LogP contribution in [0.2, 0.25) is 0 Å². The fourth-order valence-corrected chi connectivity index (χ4v) is 9.79. The summed E-state index contributed by atoms with van der Waals surface area (Å²) in [5.41, 5.74) is 3.71. The first-order valence-electron chi connectivity index (χ1n) is 25.0. The Labute approximate surface area is 464 Å². The van der Waals surface area contributed by atoms with Crippen LogP contribution in [0.4, 0.5) is 0 Å². The van der Waals surface area contributed by atoms with Crippen molar-refractivity contribution in [3.05, 3.63) is 33.1 Å². The van der Waals surface area contributed by atoms with E-state index in [1.807, 2.05) is 4.98 Å². The molecule has 18 atom stereocenters. The number of carboxylic acid groups (broad SMARTS) is 2. The van der Waals surface area contributed by atoms with E-state index in [0.717, 1.165) is 40.0 Å². The van der Waals surface area contributed by atoms with Gasteiger partial charge in [-0.1, -0.05) is 0 Å². The number of rotatable bonds is 32. The van der Waals surface area contributed by atoms with Crippen molar-refractivity contribution in [1.82, 2.24) is 46.8 Å². The van der Waals surface area contributed by atoms with Crippen LogP contribution in [0.15, 0.2) is 21.9 Å². The minimum absolute atomic E-state index is 0.0917. The highest BCUT2D eigenvalue weighted by atomic mass is 31.3. The molecule has 1 aromatic rings. The number of nitrogens with two attached hydrogens (primary N) is 1. The van der Waals surface area contributed by atoms with Crippen molar-refractivity contribution < 1.29 is 120 Å². The first-order valence-corrected chi connectivity index (χ1v) is 28.0. The smallest absolute Gasteiger partial charge is 0.480 e. The molecule has 0 aromatic carbocycles. The van der Waals surface area contributed by atoms with Gasteiger partial charge in [0, 0.05) is 25.6 Å². The minimum Gasteiger partial charge on any atom is -0.480 e. The SMILES string of the molecule is CC(=O)NC1C(OP(=O)(O)OP(=O)(O)OCC2OC(n3ccc(=O)[nH]c3=O)C(O)C2O)OC(CO)C(O)C1OC(C)C(=O)NC(C)C(=O)NC(CCC(=O)NC(C)C(=O)O)C(=O)NC(CCCCN)C(=O)NC(C)C(=O)NC(C)C(=O)O. The summed E-state index contributed by atoms with van der Waals surface area (Å²) in [4.78, 5) is 162. The van der Waals surface area contributed by atoms with Gasteiger partial charge in [0.05, 0.1) is 13.2 Å². The van der Waals surface area contributed by atoms with Crippen molar-refractivity contribution in [2.45, 2.75) is 171 Å². The van der Waals surface area contributed by atoms with Crippen molar-refractivity contribution in [1.29, 1.82) is 0 Å². The Morgan fingerprint density at radius 1 is 0.720 bits per heavy atom. The van der Waals surface area contributed by atoms with Crippen LogP contribution in [0.3, 0.4) is 0 Å². The number of nitrogens with zero attached hydrogens (tertiary/aromatic N) is 1. The highest BCUT2D eigenvalue weighted by molar-refractivity contribution is 7.61. The van der Waals surface area contributed by atoms with Crippen LogP contribution in [0.5, 0.6) is 0 Å². The molecular formula is C43H70N10O27P2. The molecule has 18 N–H and O–H groups in total. The van der Waals surface area contributed by atoms with E-state index in [-0.39, 0.29) is 19.4 Å². The average molecular weight is 1220 g/mol. The van der Waals surface area contributed by atoms with E-state index in [9.17, 15) is 97.2 Å². The lowest BCUT2D eigenvalue weighted by Gasteiger charge is -2.44. The van der Waals surface area contributed by atoms with Crippen molar-refractivity contribution in [3.63, 3.8) is 0 Å². The van der Waals surface area contributed by atoms with Crippen LogP contribution in [0.25, 0.3) is 0 Å². The molecule has 0 spiro atoms. The lowest BCUT2D eigenvalue weighted by molar-refractivity contribution is -0.261. The molecule has 2 saturated heterocycles. The second-order valence-electron chi connectivity index (χ2n) is 18.8. The van der Waals surface area contributed by atoms with Crippen LogP contribution in [-0.2, 0) is 79.8 Å². The van der Waals surface area contributed by atoms with Gasteiger partial charge in [0.1, 0.15) is 85.0 Å². The number of unbranched alkanes of at least 4 members (excludes halogenated alkanes) is 1. The number of phosphoric ester groups is 2. The molecular weight excluding hydrogens is 1150 g/mol. The molecule has 2 aliphatic heterocycles. The van der Waals surface area contributed by atoms with Crippen LogP contribution in [0, 0.1) is 0 Å². The molecule has 82 heavy (non-hydrogen) atoms. The zero-order valence-corrected chi connectivity index (χ0v) is 46.6. The summed E-state index contributed by atoms with van der Waals surface area (Å²) in [6.45, 7) is 4.47. The number of carbonyl (C=O) groups is 9. The Balaban J connectivity index is 1.79. The number of aromatic nitrogens is 2. The predicted molar refractivity (Wildman–Crippen MR) is 270 cm³/mol.